The maximum Gasteiger partial charge on any atom is 0.269 e. The highest BCUT2D eigenvalue weighted by molar-refractivity contribution is 5.32. The van der Waals surface area contributed by atoms with Crippen molar-refractivity contribution in [3.8, 4) is 0 Å². The van der Waals surface area contributed by atoms with E-state index >= 15 is 0 Å². The summed E-state index contributed by atoms with van der Waals surface area (Å²) in [6.07, 6.45) is 0.425. The maximum absolute atomic E-state index is 10.6. The molecular weight excluding hydrogens is 298 g/mol. The van der Waals surface area contributed by atoms with E-state index in [4.69, 9.17) is 4.74 Å². The van der Waals surface area contributed by atoms with E-state index in [-0.39, 0.29) is 11.8 Å². The third-order valence-corrected chi connectivity index (χ3v) is 4.02. The number of likely N-dealkylation sites (N-methyl/N-ethyl adjacent to an activating group) is 1. The minimum atomic E-state index is -0.391. The van der Waals surface area contributed by atoms with Crippen LogP contribution >= 0.6 is 0 Å². The highest BCUT2D eigenvalue weighted by atomic mass is 16.6. The molecule has 1 aliphatic rings. The van der Waals surface area contributed by atoms with E-state index in [1.165, 1.54) is 12.1 Å². The Hall–Kier alpha value is -1.54. The van der Waals surface area contributed by atoms with Gasteiger partial charge in [0.2, 0.25) is 0 Å². The molecule has 0 aromatic heterocycles. The van der Waals surface area contributed by atoms with Crippen molar-refractivity contribution in [2.75, 3.05) is 53.0 Å². The van der Waals surface area contributed by atoms with Gasteiger partial charge in [-0.2, -0.15) is 0 Å². The van der Waals surface area contributed by atoms with Crippen LogP contribution in [0.3, 0.4) is 0 Å². The Morgan fingerprint density at radius 1 is 1.35 bits per heavy atom. The summed E-state index contributed by atoms with van der Waals surface area (Å²) in [5, 5.41) is 20.8. The third-order valence-electron chi connectivity index (χ3n) is 4.02. The minimum Gasteiger partial charge on any atom is -0.390 e. The lowest BCUT2D eigenvalue weighted by atomic mass is 10.1. The SMILES string of the molecule is CN(CCc1ccc([N+](=O)[O-])cc1)CC(O)CN1CCOCC1. The van der Waals surface area contributed by atoms with E-state index in [0.29, 0.717) is 13.1 Å². The lowest BCUT2D eigenvalue weighted by Gasteiger charge is -2.30. The van der Waals surface area contributed by atoms with E-state index in [1.807, 2.05) is 7.05 Å². The van der Waals surface area contributed by atoms with Crippen LogP contribution in [-0.2, 0) is 11.2 Å². The van der Waals surface area contributed by atoms with Crippen molar-refractivity contribution < 1.29 is 14.8 Å². The standard InChI is InChI=1S/C16H25N3O4/c1-17(12-16(20)13-18-8-10-23-11-9-18)7-6-14-2-4-15(5-3-14)19(21)22/h2-5,16,20H,6-13H2,1H3. The maximum atomic E-state index is 10.6. The molecule has 128 valence electrons. The molecule has 7 heteroatoms. The van der Waals surface area contributed by atoms with Crippen LogP contribution in [0.25, 0.3) is 0 Å². The number of hydrogen-bond acceptors (Lipinski definition) is 6. The van der Waals surface area contributed by atoms with Gasteiger partial charge in [-0.05, 0) is 19.0 Å². The van der Waals surface area contributed by atoms with Gasteiger partial charge in [0.15, 0.2) is 0 Å². The van der Waals surface area contributed by atoms with Crippen molar-refractivity contribution in [3.63, 3.8) is 0 Å². The summed E-state index contributed by atoms with van der Waals surface area (Å²) in [4.78, 5) is 14.5. The highest BCUT2D eigenvalue weighted by Crippen LogP contribution is 2.12. The van der Waals surface area contributed by atoms with E-state index in [1.54, 1.807) is 12.1 Å². The van der Waals surface area contributed by atoms with E-state index in [0.717, 1.165) is 44.8 Å². The number of ether oxygens (including phenoxy) is 1. The quantitative estimate of drug-likeness (QED) is 0.562. The van der Waals surface area contributed by atoms with Gasteiger partial charge in [0.25, 0.3) is 5.69 Å². The van der Waals surface area contributed by atoms with Crippen LogP contribution in [0.5, 0.6) is 0 Å². The van der Waals surface area contributed by atoms with Crippen molar-refractivity contribution in [2.45, 2.75) is 12.5 Å². The normalized spacial score (nSPS) is 17.3. The number of benzene rings is 1. The molecule has 1 unspecified atom stereocenters. The molecule has 1 heterocycles. The highest BCUT2D eigenvalue weighted by Gasteiger charge is 2.16. The fraction of sp³-hybridized carbons (Fsp3) is 0.625. The summed E-state index contributed by atoms with van der Waals surface area (Å²) < 4.78 is 5.30. The van der Waals surface area contributed by atoms with Crippen LogP contribution in [0.15, 0.2) is 24.3 Å². The number of rotatable bonds is 8. The average Bonchev–Trinajstić information content (AvgIpc) is 2.54. The van der Waals surface area contributed by atoms with Crippen molar-refractivity contribution in [3.05, 3.63) is 39.9 Å². The molecule has 0 amide bonds. The summed E-state index contributed by atoms with van der Waals surface area (Å²) in [5.41, 5.74) is 1.17. The summed E-state index contributed by atoms with van der Waals surface area (Å²) in [5.74, 6) is 0. The first-order valence-corrected chi connectivity index (χ1v) is 7.94. The fourth-order valence-corrected chi connectivity index (χ4v) is 2.69. The van der Waals surface area contributed by atoms with Gasteiger partial charge in [0.1, 0.15) is 0 Å². The molecule has 23 heavy (non-hydrogen) atoms. The van der Waals surface area contributed by atoms with Crippen molar-refractivity contribution in [1.82, 2.24) is 9.80 Å². The number of nitro groups is 1. The molecule has 1 aliphatic heterocycles. The first kappa shape index (κ1) is 17.8. The Morgan fingerprint density at radius 3 is 2.61 bits per heavy atom. The second kappa shape index (κ2) is 8.93. The summed E-state index contributed by atoms with van der Waals surface area (Å²) >= 11 is 0. The molecule has 1 atom stereocenters. The zero-order valence-corrected chi connectivity index (χ0v) is 13.6. The van der Waals surface area contributed by atoms with Crippen molar-refractivity contribution in [1.29, 1.82) is 0 Å². The Morgan fingerprint density at radius 2 is 2.00 bits per heavy atom. The van der Waals surface area contributed by atoms with Crippen LogP contribution in [0, 0.1) is 10.1 Å². The molecule has 1 fully saturated rings. The smallest absolute Gasteiger partial charge is 0.269 e. The lowest BCUT2D eigenvalue weighted by molar-refractivity contribution is -0.384. The largest absolute Gasteiger partial charge is 0.390 e. The lowest BCUT2D eigenvalue weighted by Crippen LogP contribution is -2.44. The molecule has 0 bridgehead atoms. The molecule has 0 spiro atoms. The zero-order chi connectivity index (χ0) is 16.7. The van der Waals surface area contributed by atoms with Gasteiger partial charge >= 0.3 is 0 Å². The summed E-state index contributed by atoms with van der Waals surface area (Å²) in [6.45, 7) is 5.33. The number of aliphatic hydroxyl groups excluding tert-OH is 1. The Labute approximate surface area is 136 Å². The topological polar surface area (TPSA) is 79.1 Å². The number of aliphatic hydroxyl groups is 1. The Balaban J connectivity index is 1.69. The first-order valence-electron chi connectivity index (χ1n) is 7.94. The molecule has 0 saturated carbocycles. The molecule has 0 radical (unpaired) electrons. The first-order chi connectivity index (χ1) is 11.0. The number of non-ortho nitro benzene ring substituents is 1. The summed E-state index contributed by atoms with van der Waals surface area (Å²) in [7, 11) is 1.98. The predicted molar refractivity (Wildman–Crippen MR) is 87.6 cm³/mol. The monoisotopic (exact) mass is 323 g/mol. The second-order valence-electron chi connectivity index (χ2n) is 6.00. The zero-order valence-electron chi connectivity index (χ0n) is 13.6. The van der Waals surface area contributed by atoms with Gasteiger partial charge in [0.05, 0.1) is 24.2 Å². The van der Waals surface area contributed by atoms with Gasteiger partial charge in [-0.25, -0.2) is 0 Å². The van der Waals surface area contributed by atoms with E-state index in [9.17, 15) is 15.2 Å². The van der Waals surface area contributed by atoms with Crippen LogP contribution in [0.4, 0.5) is 5.69 Å². The number of nitrogens with zero attached hydrogens (tertiary/aromatic N) is 3. The number of morpholine rings is 1. The van der Waals surface area contributed by atoms with E-state index in [2.05, 4.69) is 9.80 Å². The van der Waals surface area contributed by atoms with Crippen LogP contribution in [0.2, 0.25) is 0 Å². The van der Waals surface area contributed by atoms with Crippen LogP contribution in [0.1, 0.15) is 5.56 Å². The molecule has 2 rings (SSSR count). The molecule has 1 N–H and O–H groups in total. The van der Waals surface area contributed by atoms with Gasteiger partial charge in [-0.1, -0.05) is 12.1 Å². The van der Waals surface area contributed by atoms with Crippen LogP contribution in [-0.4, -0.2) is 78.9 Å². The molecular formula is C16H25N3O4. The second-order valence-corrected chi connectivity index (χ2v) is 6.00. The van der Waals surface area contributed by atoms with Gasteiger partial charge < -0.3 is 14.7 Å². The molecule has 7 nitrogen and oxygen atoms in total. The molecule has 0 aliphatic carbocycles. The van der Waals surface area contributed by atoms with Crippen molar-refractivity contribution in [2.24, 2.45) is 0 Å². The van der Waals surface area contributed by atoms with Gasteiger partial charge in [0, 0.05) is 44.9 Å². The van der Waals surface area contributed by atoms with Crippen LogP contribution < -0.4 is 0 Å². The summed E-state index contributed by atoms with van der Waals surface area (Å²) in [6, 6.07) is 6.64. The van der Waals surface area contributed by atoms with Gasteiger partial charge in [-0.3, -0.25) is 15.0 Å². The van der Waals surface area contributed by atoms with E-state index < -0.39 is 4.92 Å². The molecule has 1 aromatic rings. The third kappa shape index (κ3) is 6.23. The number of β-amino-alcohol motifs (C(OH)–C–C–N with tert-alkyl or cyclic N) is 1. The Kier molecular flexibility index (Phi) is 6.91. The number of hydrogen-bond donors (Lipinski definition) is 1. The average molecular weight is 323 g/mol. The Bertz CT molecular complexity index is 489. The fourth-order valence-electron chi connectivity index (χ4n) is 2.69. The molecule has 1 saturated heterocycles. The molecule has 1 aromatic carbocycles. The van der Waals surface area contributed by atoms with Gasteiger partial charge in [-0.15, -0.1) is 0 Å². The minimum absolute atomic E-state index is 0.114. The predicted octanol–water partition coefficient (Wildman–Crippen LogP) is 0.762. The number of nitro benzene ring substituents is 1. The van der Waals surface area contributed by atoms with Crippen molar-refractivity contribution >= 4 is 5.69 Å².